The molecule has 31 heavy (non-hydrogen) atoms. The Labute approximate surface area is 180 Å². The van der Waals surface area contributed by atoms with Crippen LogP contribution in [-0.2, 0) is 4.79 Å². The van der Waals surface area contributed by atoms with E-state index in [0.717, 1.165) is 25.7 Å². The molecule has 1 aliphatic carbocycles. The van der Waals surface area contributed by atoms with Gasteiger partial charge in [0, 0.05) is 35.9 Å². The molecule has 164 valence electrons. The van der Waals surface area contributed by atoms with Crippen molar-refractivity contribution in [1.29, 1.82) is 0 Å². The van der Waals surface area contributed by atoms with Gasteiger partial charge < -0.3 is 21.3 Å². The van der Waals surface area contributed by atoms with Gasteiger partial charge in [0.1, 0.15) is 5.82 Å². The second kappa shape index (κ2) is 10.6. The molecular formula is C23H27FN4O3. The van der Waals surface area contributed by atoms with Gasteiger partial charge in [-0.2, -0.15) is 0 Å². The molecule has 3 rings (SSSR count). The first-order valence-electron chi connectivity index (χ1n) is 10.4. The molecule has 0 heterocycles. The average Bonchev–Trinajstić information content (AvgIpc) is 3.29. The summed E-state index contributed by atoms with van der Waals surface area (Å²) in [6, 6.07) is 10.6. The van der Waals surface area contributed by atoms with Crippen molar-refractivity contribution < 1.29 is 18.8 Å². The van der Waals surface area contributed by atoms with Crippen LogP contribution in [-0.4, -0.2) is 30.9 Å². The van der Waals surface area contributed by atoms with Gasteiger partial charge in [0.25, 0.3) is 5.91 Å². The fraction of sp³-hybridized carbons (Fsp3) is 0.348. The molecule has 2 aromatic rings. The minimum atomic E-state index is -0.486. The average molecular weight is 426 g/mol. The van der Waals surface area contributed by atoms with Gasteiger partial charge >= 0.3 is 6.03 Å². The van der Waals surface area contributed by atoms with Crippen LogP contribution in [0.5, 0.6) is 0 Å². The van der Waals surface area contributed by atoms with Crippen molar-refractivity contribution in [1.82, 2.24) is 10.6 Å². The number of anilines is 2. The van der Waals surface area contributed by atoms with Crippen molar-refractivity contribution in [2.45, 2.75) is 32.6 Å². The van der Waals surface area contributed by atoms with Crippen LogP contribution in [0.15, 0.2) is 42.5 Å². The normalized spacial score (nSPS) is 13.5. The van der Waals surface area contributed by atoms with Crippen LogP contribution in [0.4, 0.5) is 20.6 Å². The molecular weight excluding hydrogens is 399 g/mol. The molecule has 1 aliphatic rings. The van der Waals surface area contributed by atoms with Gasteiger partial charge in [-0.25, -0.2) is 9.18 Å². The highest BCUT2D eigenvalue weighted by Crippen LogP contribution is 2.26. The SMILES string of the molecule is Cc1ccc(NC(=O)NCCNC(=O)c2ccc(NC(=O)C3CCCC3)cc2)cc1F. The third-order valence-corrected chi connectivity index (χ3v) is 5.27. The number of carbonyl (C=O) groups is 3. The fourth-order valence-corrected chi connectivity index (χ4v) is 3.44. The van der Waals surface area contributed by atoms with Crippen LogP contribution in [0.25, 0.3) is 0 Å². The van der Waals surface area contributed by atoms with Crippen LogP contribution in [0, 0.1) is 18.7 Å². The molecule has 0 saturated heterocycles. The van der Waals surface area contributed by atoms with Gasteiger partial charge in [-0.1, -0.05) is 18.9 Å². The van der Waals surface area contributed by atoms with Crippen molar-refractivity contribution in [3.63, 3.8) is 0 Å². The molecule has 0 bridgehead atoms. The Hall–Kier alpha value is -3.42. The van der Waals surface area contributed by atoms with E-state index in [4.69, 9.17) is 0 Å². The van der Waals surface area contributed by atoms with Crippen molar-refractivity contribution in [2.24, 2.45) is 5.92 Å². The van der Waals surface area contributed by atoms with Crippen LogP contribution in [0.2, 0.25) is 0 Å². The minimum absolute atomic E-state index is 0.0347. The number of benzene rings is 2. The fourth-order valence-electron chi connectivity index (χ4n) is 3.44. The molecule has 0 unspecified atom stereocenters. The zero-order valence-corrected chi connectivity index (χ0v) is 17.5. The molecule has 1 fully saturated rings. The Balaban J connectivity index is 1.37. The zero-order chi connectivity index (χ0) is 22.2. The number of halogens is 1. The Morgan fingerprint density at radius 1 is 0.903 bits per heavy atom. The highest BCUT2D eigenvalue weighted by atomic mass is 19.1. The van der Waals surface area contributed by atoms with E-state index in [0.29, 0.717) is 22.5 Å². The second-order valence-corrected chi connectivity index (χ2v) is 7.65. The lowest BCUT2D eigenvalue weighted by Gasteiger charge is -2.11. The van der Waals surface area contributed by atoms with Crippen LogP contribution >= 0.6 is 0 Å². The van der Waals surface area contributed by atoms with Gasteiger partial charge in [-0.3, -0.25) is 9.59 Å². The minimum Gasteiger partial charge on any atom is -0.350 e. The van der Waals surface area contributed by atoms with E-state index < -0.39 is 11.8 Å². The van der Waals surface area contributed by atoms with E-state index in [1.165, 1.54) is 6.07 Å². The number of urea groups is 1. The Kier molecular flexibility index (Phi) is 7.59. The maximum Gasteiger partial charge on any atom is 0.319 e. The highest BCUT2D eigenvalue weighted by Gasteiger charge is 2.22. The summed E-state index contributed by atoms with van der Waals surface area (Å²) < 4.78 is 13.5. The summed E-state index contributed by atoms with van der Waals surface area (Å²) in [5, 5.41) is 10.7. The lowest BCUT2D eigenvalue weighted by molar-refractivity contribution is -0.119. The molecule has 8 heteroatoms. The van der Waals surface area contributed by atoms with E-state index >= 15 is 0 Å². The highest BCUT2D eigenvalue weighted by molar-refractivity contribution is 5.96. The number of hydrogen-bond donors (Lipinski definition) is 4. The Morgan fingerprint density at radius 3 is 2.23 bits per heavy atom. The van der Waals surface area contributed by atoms with Crippen LogP contribution < -0.4 is 21.3 Å². The molecule has 0 spiro atoms. The predicted octanol–water partition coefficient (Wildman–Crippen LogP) is 3.81. The monoisotopic (exact) mass is 426 g/mol. The number of hydrogen-bond acceptors (Lipinski definition) is 3. The first-order chi connectivity index (χ1) is 14.9. The van der Waals surface area contributed by atoms with E-state index in [1.807, 2.05) is 0 Å². The molecule has 1 saturated carbocycles. The number of rotatable bonds is 7. The van der Waals surface area contributed by atoms with Gasteiger partial charge in [0.2, 0.25) is 5.91 Å². The summed E-state index contributed by atoms with van der Waals surface area (Å²) in [6.45, 7) is 2.08. The summed E-state index contributed by atoms with van der Waals surface area (Å²) in [4.78, 5) is 36.2. The summed E-state index contributed by atoms with van der Waals surface area (Å²) in [7, 11) is 0. The first-order valence-corrected chi connectivity index (χ1v) is 10.4. The molecule has 0 aromatic heterocycles. The summed E-state index contributed by atoms with van der Waals surface area (Å²) in [5.74, 6) is -0.559. The van der Waals surface area contributed by atoms with Crippen molar-refractivity contribution in [2.75, 3.05) is 23.7 Å². The molecule has 0 aliphatic heterocycles. The third-order valence-electron chi connectivity index (χ3n) is 5.27. The predicted molar refractivity (Wildman–Crippen MR) is 118 cm³/mol. The smallest absolute Gasteiger partial charge is 0.319 e. The molecule has 0 radical (unpaired) electrons. The maximum atomic E-state index is 13.5. The van der Waals surface area contributed by atoms with Crippen molar-refractivity contribution in [3.05, 3.63) is 59.4 Å². The molecule has 0 atom stereocenters. The second-order valence-electron chi connectivity index (χ2n) is 7.65. The van der Waals surface area contributed by atoms with Crippen LogP contribution in [0.3, 0.4) is 0 Å². The standard InChI is InChI=1S/C23H27FN4O3/c1-15-6-9-19(14-20(15)24)28-23(31)26-13-12-25-21(29)17-7-10-18(11-8-17)27-22(30)16-4-2-3-5-16/h6-11,14,16H,2-5,12-13H2,1H3,(H,25,29)(H,27,30)(H2,26,28,31). The summed E-state index contributed by atoms with van der Waals surface area (Å²) in [5.41, 5.74) is 1.97. The lowest BCUT2D eigenvalue weighted by atomic mass is 10.1. The molecule has 4 amide bonds. The van der Waals surface area contributed by atoms with Gasteiger partial charge in [-0.05, 0) is 61.7 Å². The number of carbonyl (C=O) groups excluding carboxylic acids is 3. The number of aryl methyl sites for hydroxylation is 1. The van der Waals surface area contributed by atoms with E-state index in [9.17, 15) is 18.8 Å². The third kappa shape index (κ3) is 6.53. The molecule has 7 nitrogen and oxygen atoms in total. The van der Waals surface area contributed by atoms with Gasteiger partial charge in [0.05, 0.1) is 0 Å². The van der Waals surface area contributed by atoms with Crippen molar-refractivity contribution in [3.8, 4) is 0 Å². The quantitative estimate of drug-likeness (QED) is 0.507. The first kappa shape index (κ1) is 22.3. The largest absolute Gasteiger partial charge is 0.350 e. The van der Waals surface area contributed by atoms with Gasteiger partial charge in [-0.15, -0.1) is 0 Å². The lowest BCUT2D eigenvalue weighted by Crippen LogP contribution is -2.36. The number of amides is 4. The van der Waals surface area contributed by atoms with Gasteiger partial charge in [0.15, 0.2) is 0 Å². The van der Waals surface area contributed by atoms with E-state index in [-0.39, 0.29) is 30.8 Å². The Bertz CT molecular complexity index is 940. The number of nitrogens with one attached hydrogen (secondary N) is 4. The summed E-state index contributed by atoms with van der Waals surface area (Å²) in [6.07, 6.45) is 4.05. The van der Waals surface area contributed by atoms with Crippen molar-refractivity contribution >= 4 is 29.2 Å². The van der Waals surface area contributed by atoms with E-state index in [2.05, 4.69) is 21.3 Å². The van der Waals surface area contributed by atoms with Crippen LogP contribution in [0.1, 0.15) is 41.6 Å². The molecule has 4 N–H and O–H groups in total. The zero-order valence-electron chi connectivity index (χ0n) is 17.5. The topological polar surface area (TPSA) is 99.3 Å². The van der Waals surface area contributed by atoms with E-state index in [1.54, 1.807) is 43.3 Å². The summed E-state index contributed by atoms with van der Waals surface area (Å²) >= 11 is 0. The Morgan fingerprint density at radius 2 is 1.55 bits per heavy atom. The molecule has 2 aromatic carbocycles. The maximum absolute atomic E-state index is 13.5.